The lowest BCUT2D eigenvalue weighted by Gasteiger charge is -2.18. The second kappa shape index (κ2) is 9.36. The number of halogens is 3. The molecule has 0 saturated carbocycles. The van der Waals surface area contributed by atoms with E-state index in [1.807, 2.05) is 0 Å². The monoisotopic (exact) mass is 413 g/mol. The number of ether oxygens (including phenoxy) is 1. The molecule has 2 amide bonds. The second-order valence-electron chi connectivity index (χ2n) is 5.68. The molecule has 0 fully saturated rings. The number of nitrogens with one attached hydrogen (secondary N) is 2. The standard InChI is InChI=1S/C18H18F3N3O3S/c1-11(23-14-4-2-3-5-15(14)28-10-16(22)25)17(26)24-12-6-8-13(9-7-12)27-18(19,20)21/h2-9,11,23H,10H2,1H3,(H2,22,25)(H,24,26)/t11-/m1/s1. The molecule has 2 rings (SSSR count). The molecule has 2 aromatic carbocycles. The summed E-state index contributed by atoms with van der Waals surface area (Å²) in [5, 5.41) is 5.64. The van der Waals surface area contributed by atoms with Gasteiger partial charge >= 0.3 is 6.36 Å². The van der Waals surface area contributed by atoms with E-state index in [2.05, 4.69) is 15.4 Å². The van der Waals surface area contributed by atoms with Crippen molar-refractivity contribution < 1.29 is 27.5 Å². The van der Waals surface area contributed by atoms with Crippen LogP contribution in [-0.4, -0.2) is 30.0 Å². The molecule has 0 bridgehead atoms. The van der Waals surface area contributed by atoms with Gasteiger partial charge in [0.1, 0.15) is 11.8 Å². The number of hydrogen-bond acceptors (Lipinski definition) is 5. The van der Waals surface area contributed by atoms with Crippen molar-refractivity contribution >= 4 is 35.0 Å². The van der Waals surface area contributed by atoms with Gasteiger partial charge in [0.25, 0.3) is 0 Å². The van der Waals surface area contributed by atoms with Gasteiger partial charge in [-0.15, -0.1) is 24.9 Å². The Morgan fingerprint density at radius 3 is 2.39 bits per heavy atom. The highest BCUT2D eigenvalue weighted by atomic mass is 32.2. The summed E-state index contributed by atoms with van der Waals surface area (Å²) < 4.78 is 40.3. The first-order valence-corrected chi connectivity index (χ1v) is 9.06. The zero-order valence-corrected chi connectivity index (χ0v) is 15.6. The molecule has 0 unspecified atom stereocenters. The third-order valence-corrected chi connectivity index (χ3v) is 4.47. The Morgan fingerprint density at radius 2 is 1.79 bits per heavy atom. The number of carbonyl (C=O) groups is 2. The van der Waals surface area contributed by atoms with Crippen molar-refractivity contribution in [2.45, 2.75) is 24.2 Å². The lowest BCUT2D eigenvalue weighted by Crippen LogP contribution is -2.32. The molecule has 28 heavy (non-hydrogen) atoms. The van der Waals surface area contributed by atoms with Crippen LogP contribution in [0.1, 0.15) is 6.92 Å². The number of rotatable bonds is 8. The molecule has 6 nitrogen and oxygen atoms in total. The lowest BCUT2D eigenvalue weighted by molar-refractivity contribution is -0.274. The van der Waals surface area contributed by atoms with E-state index in [0.29, 0.717) is 11.4 Å². The summed E-state index contributed by atoms with van der Waals surface area (Å²) in [5.74, 6) is -1.12. The van der Waals surface area contributed by atoms with E-state index >= 15 is 0 Å². The minimum atomic E-state index is -4.77. The molecule has 10 heteroatoms. The van der Waals surface area contributed by atoms with E-state index in [4.69, 9.17) is 5.73 Å². The lowest BCUT2D eigenvalue weighted by atomic mass is 10.2. The quantitative estimate of drug-likeness (QED) is 0.575. The SMILES string of the molecule is C[C@@H](Nc1ccccc1SCC(N)=O)C(=O)Nc1ccc(OC(F)(F)F)cc1. The van der Waals surface area contributed by atoms with Gasteiger partial charge in [-0.25, -0.2) is 0 Å². The number of alkyl halides is 3. The number of nitrogens with two attached hydrogens (primary N) is 1. The van der Waals surface area contributed by atoms with Crippen molar-refractivity contribution in [3.63, 3.8) is 0 Å². The Hall–Kier alpha value is -2.88. The molecule has 0 aromatic heterocycles. The number of primary amides is 1. The van der Waals surface area contributed by atoms with Crippen LogP contribution in [0.25, 0.3) is 0 Å². The summed E-state index contributed by atoms with van der Waals surface area (Å²) in [5.41, 5.74) is 6.14. The topological polar surface area (TPSA) is 93.5 Å². The minimum absolute atomic E-state index is 0.103. The highest BCUT2D eigenvalue weighted by molar-refractivity contribution is 8.00. The van der Waals surface area contributed by atoms with Crippen molar-refractivity contribution in [3.8, 4) is 5.75 Å². The fourth-order valence-corrected chi connectivity index (χ4v) is 2.90. The highest BCUT2D eigenvalue weighted by Gasteiger charge is 2.31. The molecule has 0 heterocycles. The molecule has 0 aliphatic rings. The molecular formula is C18H18F3N3O3S. The van der Waals surface area contributed by atoms with Crippen molar-refractivity contribution in [1.29, 1.82) is 0 Å². The smallest absolute Gasteiger partial charge is 0.406 e. The van der Waals surface area contributed by atoms with Crippen LogP contribution in [0.3, 0.4) is 0 Å². The summed E-state index contributed by atoms with van der Waals surface area (Å²) in [4.78, 5) is 24.1. The molecule has 2 aromatic rings. The average Bonchev–Trinajstić information content (AvgIpc) is 2.61. The maximum atomic E-state index is 12.3. The Kier molecular flexibility index (Phi) is 7.16. The first-order chi connectivity index (χ1) is 13.1. The van der Waals surface area contributed by atoms with Crippen LogP contribution in [0, 0.1) is 0 Å². The largest absolute Gasteiger partial charge is 0.573 e. The van der Waals surface area contributed by atoms with E-state index in [9.17, 15) is 22.8 Å². The Morgan fingerprint density at radius 1 is 1.14 bits per heavy atom. The van der Waals surface area contributed by atoms with Crippen molar-refractivity contribution in [2.24, 2.45) is 5.73 Å². The predicted molar refractivity (Wildman–Crippen MR) is 101 cm³/mol. The van der Waals surface area contributed by atoms with Crippen LogP contribution in [0.15, 0.2) is 53.4 Å². The maximum Gasteiger partial charge on any atom is 0.573 e. The predicted octanol–water partition coefficient (Wildman–Crippen LogP) is 3.60. The van der Waals surface area contributed by atoms with Crippen molar-refractivity contribution in [2.75, 3.05) is 16.4 Å². The van der Waals surface area contributed by atoms with Crippen molar-refractivity contribution in [1.82, 2.24) is 0 Å². The third-order valence-electron chi connectivity index (χ3n) is 3.38. The van der Waals surface area contributed by atoms with Crippen LogP contribution in [0.2, 0.25) is 0 Å². The number of thioether (sulfide) groups is 1. The minimum Gasteiger partial charge on any atom is -0.406 e. The van der Waals surface area contributed by atoms with E-state index in [-0.39, 0.29) is 17.4 Å². The first-order valence-electron chi connectivity index (χ1n) is 8.07. The fourth-order valence-electron chi connectivity index (χ4n) is 2.15. The first kappa shape index (κ1) is 21.4. The summed E-state index contributed by atoms with van der Waals surface area (Å²) in [6.45, 7) is 1.63. The van der Waals surface area contributed by atoms with Gasteiger partial charge in [-0.2, -0.15) is 0 Å². The molecule has 0 aliphatic heterocycles. The number of amides is 2. The van der Waals surface area contributed by atoms with Gasteiger partial charge in [0.15, 0.2) is 0 Å². The van der Waals surface area contributed by atoms with Gasteiger partial charge in [-0.3, -0.25) is 9.59 Å². The second-order valence-corrected chi connectivity index (χ2v) is 6.70. The number of carbonyl (C=O) groups excluding carboxylic acids is 2. The Bertz CT molecular complexity index is 829. The summed E-state index contributed by atoms with van der Waals surface area (Å²) in [6.07, 6.45) is -4.77. The van der Waals surface area contributed by atoms with Crippen LogP contribution in [0.5, 0.6) is 5.75 Å². The molecular weight excluding hydrogens is 395 g/mol. The molecule has 150 valence electrons. The Labute approximate surface area is 163 Å². The van der Waals surface area contributed by atoms with Crippen LogP contribution in [0.4, 0.5) is 24.5 Å². The van der Waals surface area contributed by atoms with Gasteiger partial charge in [-0.1, -0.05) is 12.1 Å². The number of para-hydroxylation sites is 1. The van der Waals surface area contributed by atoms with Crippen molar-refractivity contribution in [3.05, 3.63) is 48.5 Å². The van der Waals surface area contributed by atoms with Crippen LogP contribution in [-0.2, 0) is 9.59 Å². The highest BCUT2D eigenvalue weighted by Crippen LogP contribution is 2.27. The van der Waals surface area contributed by atoms with Gasteiger partial charge in [0.05, 0.1) is 5.75 Å². The number of anilines is 2. The number of hydrogen-bond donors (Lipinski definition) is 3. The fraction of sp³-hybridized carbons (Fsp3) is 0.222. The number of benzene rings is 2. The molecule has 0 aliphatic carbocycles. The zero-order chi connectivity index (χ0) is 20.7. The van der Waals surface area contributed by atoms with E-state index in [0.717, 1.165) is 17.0 Å². The normalized spacial score (nSPS) is 12.1. The summed E-state index contributed by atoms with van der Waals surface area (Å²) in [7, 11) is 0. The van der Waals surface area contributed by atoms with Crippen LogP contribution >= 0.6 is 11.8 Å². The molecule has 0 radical (unpaired) electrons. The van der Waals surface area contributed by atoms with Crippen LogP contribution < -0.4 is 21.1 Å². The summed E-state index contributed by atoms with van der Waals surface area (Å²) in [6, 6.07) is 11.3. The Balaban J connectivity index is 1.97. The van der Waals surface area contributed by atoms with E-state index < -0.39 is 18.3 Å². The molecule has 0 saturated heterocycles. The van der Waals surface area contributed by atoms with Gasteiger partial charge in [0.2, 0.25) is 11.8 Å². The molecule has 4 N–H and O–H groups in total. The van der Waals surface area contributed by atoms with Gasteiger partial charge in [0, 0.05) is 16.3 Å². The molecule has 0 spiro atoms. The molecule has 1 atom stereocenters. The van der Waals surface area contributed by atoms with Gasteiger partial charge < -0.3 is 21.1 Å². The maximum absolute atomic E-state index is 12.3. The van der Waals surface area contributed by atoms with Gasteiger partial charge in [-0.05, 0) is 43.3 Å². The zero-order valence-electron chi connectivity index (χ0n) is 14.7. The third kappa shape index (κ3) is 7.03. The van der Waals surface area contributed by atoms with E-state index in [1.165, 1.54) is 23.9 Å². The average molecular weight is 413 g/mol. The summed E-state index contributed by atoms with van der Waals surface area (Å²) >= 11 is 1.24. The van der Waals surface area contributed by atoms with E-state index in [1.54, 1.807) is 31.2 Å².